The molecule has 0 aromatic heterocycles. The summed E-state index contributed by atoms with van der Waals surface area (Å²) in [6.07, 6.45) is 4.71. The zero-order valence-electron chi connectivity index (χ0n) is 11.7. The second-order valence-corrected chi connectivity index (χ2v) is 5.03. The maximum absolute atomic E-state index is 3.44. The molecule has 2 aromatic rings. The van der Waals surface area contributed by atoms with Gasteiger partial charge in [0.2, 0.25) is 0 Å². The minimum Gasteiger partial charge on any atom is -0.317 e. The molecule has 1 nitrogen and oxygen atoms in total. The number of hydrogen-bond acceptors (Lipinski definition) is 1. The molecule has 19 heavy (non-hydrogen) atoms. The van der Waals surface area contributed by atoms with Crippen LogP contribution in [0.2, 0.25) is 0 Å². The molecule has 2 rings (SSSR count). The predicted molar refractivity (Wildman–Crippen MR) is 82.4 cm³/mol. The normalized spacial score (nSPS) is 10.8. The molecule has 0 bridgehead atoms. The number of benzene rings is 2. The van der Waals surface area contributed by atoms with E-state index in [0.717, 1.165) is 12.8 Å². The van der Waals surface area contributed by atoms with Crippen LogP contribution in [0.15, 0.2) is 60.7 Å². The van der Waals surface area contributed by atoms with Crippen molar-refractivity contribution in [1.82, 2.24) is 5.32 Å². The van der Waals surface area contributed by atoms with E-state index in [-0.39, 0.29) is 0 Å². The van der Waals surface area contributed by atoms with Crippen molar-refractivity contribution >= 4 is 0 Å². The van der Waals surface area contributed by atoms with E-state index < -0.39 is 0 Å². The average molecular weight is 253 g/mol. The maximum atomic E-state index is 3.44. The standard InChI is InChI=1S/C18H23N/c1-19-18(14-12-16-8-4-2-5-9-16)15-13-17-10-6-3-7-11-17/h2-11,18-19H,12-15H2,1H3. The van der Waals surface area contributed by atoms with Crippen LogP contribution < -0.4 is 5.32 Å². The lowest BCUT2D eigenvalue weighted by atomic mass is 9.99. The van der Waals surface area contributed by atoms with Crippen molar-refractivity contribution < 1.29 is 0 Å². The maximum Gasteiger partial charge on any atom is 0.00703 e. The van der Waals surface area contributed by atoms with E-state index in [9.17, 15) is 0 Å². The Labute approximate surface area is 116 Å². The van der Waals surface area contributed by atoms with Gasteiger partial charge in [-0.25, -0.2) is 0 Å². The zero-order chi connectivity index (χ0) is 13.3. The smallest absolute Gasteiger partial charge is 0.00703 e. The lowest BCUT2D eigenvalue weighted by molar-refractivity contribution is 0.489. The van der Waals surface area contributed by atoms with E-state index in [2.05, 4.69) is 73.0 Å². The Balaban J connectivity index is 1.77. The summed E-state index contributed by atoms with van der Waals surface area (Å²) < 4.78 is 0. The summed E-state index contributed by atoms with van der Waals surface area (Å²) in [7, 11) is 2.07. The molecule has 0 heterocycles. The van der Waals surface area contributed by atoms with Crippen LogP contribution in [0.5, 0.6) is 0 Å². The second-order valence-electron chi connectivity index (χ2n) is 5.03. The Morgan fingerprint density at radius 1 is 0.737 bits per heavy atom. The molecule has 0 saturated carbocycles. The van der Waals surface area contributed by atoms with Crippen molar-refractivity contribution in [2.24, 2.45) is 0 Å². The summed E-state index contributed by atoms with van der Waals surface area (Å²) in [6.45, 7) is 0. The summed E-state index contributed by atoms with van der Waals surface area (Å²) in [6, 6.07) is 22.1. The minimum atomic E-state index is 0.598. The molecule has 0 amide bonds. The number of nitrogens with one attached hydrogen (secondary N) is 1. The van der Waals surface area contributed by atoms with Crippen molar-refractivity contribution in [2.75, 3.05) is 7.05 Å². The van der Waals surface area contributed by atoms with Gasteiger partial charge in [-0.2, -0.15) is 0 Å². The fourth-order valence-corrected chi connectivity index (χ4v) is 2.40. The van der Waals surface area contributed by atoms with Gasteiger partial charge in [0.15, 0.2) is 0 Å². The number of rotatable bonds is 7. The van der Waals surface area contributed by atoms with Crippen LogP contribution >= 0.6 is 0 Å². The van der Waals surface area contributed by atoms with Gasteiger partial charge in [0.05, 0.1) is 0 Å². The molecule has 0 aliphatic rings. The van der Waals surface area contributed by atoms with Gasteiger partial charge in [0.1, 0.15) is 0 Å². The number of hydrogen-bond donors (Lipinski definition) is 1. The van der Waals surface area contributed by atoms with E-state index in [1.807, 2.05) is 0 Å². The lowest BCUT2D eigenvalue weighted by Gasteiger charge is -2.16. The molecule has 1 N–H and O–H groups in total. The van der Waals surface area contributed by atoms with Gasteiger partial charge in [0, 0.05) is 6.04 Å². The average Bonchev–Trinajstić information content (AvgIpc) is 2.49. The van der Waals surface area contributed by atoms with E-state index in [1.165, 1.54) is 24.0 Å². The molecule has 0 fully saturated rings. The third-order valence-corrected chi connectivity index (χ3v) is 3.66. The van der Waals surface area contributed by atoms with Gasteiger partial charge < -0.3 is 5.32 Å². The highest BCUT2D eigenvalue weighted by atomic mass is 14.9. The van der Waals surface area contributed by atoms with Crippen LogP contribution in [0.1, 0.15) is 24.0 Å². The van der Waals surface area contributed by atoms with Crippen molar-refractivity contribution in [1.29, 1.82) is 0 Å². The van der Waals surface area contributed by atoms with Crippen LogP contribution in [0.4, 0.5) is 0 Å². The molecule has 0 atom stereocenters. The zero-order valence-corrected chi connectivity index (χ0v) is 11.7. The molecule has 0 saturated heterocycles. The summed E-state index contributed by atoms with van der Waals surface area (Å²) in [5, 5.41) is 3.44. The van der Waals surface area contributed by atoms with Gasteiger partial charge in [-0.15, -0.1) is 0 Å². The molecule has 0 aliphatic carbocycles. The number of aryl methyl sites for hydroxylation is 2. The van der Waals surface area contributed by atoms with Crippen LogP contribution in [0, 0.1) is 0 Å². The third-order valence-electron chi connectivity index (χ3n) is 3.66. The molecule has 1 heteroatoms. The molecule has 100 valence electrons. The highest BCUT2D eigenvalue weighted by molar-refractivity contribution is 5.16. The Hall–Kier alpha value is -1.60. The highest BCUT2D eigenvalue weighted by Crippen LogP contribution is 2.10. The van der Waals surface area contributed by atoms with E-state index >= 15 is 0 Å². The molecule has 0 aliphatic heterocycles. The summed E-state index contributed by atoms with van der Waals surface area (Å²) >= 11 is 0. The highest BCUT2D eigenvalue weighted by Gasteiger charge is 2.06. The molecular weight excluding hydrogens is 230 g/mol. The summed E-state index contributed by atoms with van der Waals surface area (Å²) in [5.41, 5.74) is 2.87. The predicted octanol–water partition coefficient (Wildman–Crippen LogP) is 3.84. The SMILES string of the molecule is CNC(CCc1ccccc1)CCc1ccccc1. The topological polar surface area (TPSA) is 12.0 Å². The fourth-order valence-electron chi connectivity index (χ4n) is 2.40. The molecule has 2 aromatic carbocycles. The first kappa shape index (κ1) is 13.8. The second kappa shape index (κ2) is 7.75. The van der Waals surface area contributed by atoms with Crippen LogP contribution in [-0.2, 0) is 12.8 Å². The van der Waals surface area contributed by atoms with Crippen molar-refractivity contribution in [3.05, 3.63) is 71.8 Å². The molecule has 0 unspecified atom stereocenters. The Morgan fingerprint density at radius 2 is 1.16 bits per heavy atom. The summed E-state index contributed by atoms with van der Waals surface area (Å²) in [5.74, 6) is 0. The van der Waals surface area contributed by atoms with Gasteiger partial charge in [-0.1, -0.05) is 60.7 Å². The molecular formula is C18H23N. The van der Waals surface area contributed by atoms with Crippen molar-refractivity contribution in [3.63, 3.8) is 0 Å². The Kier molecular flexibility index (Phi) is 5.64. The first-order chi connectivity index (χ1) is 9.38. The first-order valence-electron chi connectivity index (χ1n) is 7.13. The third kappa shape index (κ3) is 4.88. The fraction of sp³-hybridized carbons (Fsp3) is 0.333. The quantitative estimate of drug-likeness (QED) is 0.790. The minimum absolute atomic E-state index is 0.598. The van der Waals surface area contributed by atoms with Gasteiger partial charge >= 0.3 is 0 Å². The van der Waals surface area contributed by atoms with Crippen molar-refractivity contribution in [3.8, 4) is 0 Å². The van der Waals surface area contributed by atoms with E-state index in [1.54, 1.807) is 0 Å². The van der Waals surface area contributed by atoms with Gasteiger partial charge in [-0.05, 0) is 43.9 Å². The van der Waals surface area contributed by atoms with E-state index in [4.69, 9.17) is 0 Å². The lowest BCUT2D eigenvalue weighted by Crippen LogP contribution is -2.26. The van der Waals surface area contributed by atoms with E-state index in [0.29, 0.717) is 6.04 Å². The Morgan fingerprint density at radius 3 is 1.53 bits per heavy atom. The Bertz CT molecular complexity index is 406. The van der Waals surface area contributed by atoms with Crippen molar-refractivity contribution in [2.45, 2.75) is 31.7 Å². The van der Waals surface area contributed by atoms with Gasteiger partial charge in [0.25, 0.3) is 0 Å². The van der Waals surface area contributed by atoms with Crippen LogP contribution in [0.25, 0.3) is 0 Å². The molecule has 0 spiro atoms. The largest absolute Gasteiger partial charge is 0.317 e. The summed E-state index contributed by atoms with van der Waals surface area (Å²) in [4.78, 5) is 0. The first-order valence-corrected chi connectivity index (χ1v) is 7.13. The van der Waals surface area contributed by atoms with Crippen LogP contribution in [0.3, 0.4) is 0 Å². The van der Waals surface area contributed by atoms with Crippen LogP contribution in [-0.4, -0.2) is 13.1 Å². The molecule has 0 radical (unpaired) electrons. The monoisotopic (exact) mass is 253 g/mol. The van der Waals surface area contributed by atoms with Gasteiger partial charge in [-0.3, -0.25) is 0 Å².